The molecule has 0 amide bonds. The van der Waals surface area contributed by atoms with Gasteiger partial charge in [0, 0.05) is 19.0 Å². The first kappa shape index (κ1) is 13.9. The Morgan fingerprint density at radius 1 is 1.41 bits per heavy atom. The lowest BCUT2D eigenvalue weighted by atomic mass is 10.2. The molecule has 0 saturated carbocycles. The van der Waals surface area contributed by atoms with Gasteiger partial charge in [0.1, 0.15) is 11.9 Å². The molecule has 1 aliphatic rings. The highest BCUT2D eigenvalue weighted by Crippen LogP contribution is 2.30. The lowest BCUT2D eigenvalue weighted by Crippen LogP contribution is -2.03. The standard InChI is InChI=1S/C14H13ClN4O2S/c15-11-4-3-10(22-11)13-16-5-6-19(13)8-12-17-14(21-18-12)9-2-1-7-20-9/h3-6,9H,1-2,7-8H2/t9-/m0/s1. The molecule has 0 aromatic carbocycles. The molecular weight excluding hydrogens is 324 g/mol. The number of imidazole rings is 1. The summed E-state index contributed by atoms with van der Waals surface area (Å²) in [5.41, 5.74) is 0. The number of halogens is 1. The summed E-state index contributed by atoms with van der Waals surface area (Å²) in [6.45, 7) is 1.26. The van der Waals surface area contributed by atoms with Crippen molar-refractivity contribution in [3.8, 4) is 10.7 Å². The topological polar surface area (TPSA) is 66.0 Å². The summed E-state index contributed by atoms with van der Waals surface area (Å²) >= 11 is 7.49. The van der Waals surface area contributed by atoms with Crippen LogP contribution in [0.25, 0.3) is 10.7 Å². The zero-order valence-electron chi connectivity index (χ0n) is 11.6. The molecule has 114 valence electrons. The highest BCUT2D eigenvalue weighted by Gasteiger charge is 2.24. The molecule has 0 spiro atoms. The zero-order chi connectivity index (χ0) is 14.9. The molecular formula is C14H13ClN4O2S. The predicted octanol–water partition coefficient (Wildman–Crippen LogP) is 3.55. The van der Waals surface area contributed by atoms with Gasteiger partial charge in [-0.25, -0.2) is 4.98 Å². The molecule has 4 heterocycles. The van der Waals surface area contributed by atoms with Gasteiger partial charge in [0.2, 0.25) is 0 Å². The van der Waals surface area contributed by atoms with Crippen LogP contribution < -0.4 is 0 Å². The summed E-state index contributed by atoms with van der Waals surface area (Å²) in [7, 11) is 0. The molecule has 6 nitrogen and oxygen atoms in total. The first-order chi connectivity index (χ1) is 10.8. The van der Waals surface area contributed by atoms with E-state index < -0.39 is 0 Å². The second kappa shape index (κ2) is 5.83. The van der Waals surface area contributed by atoms with Crippen LogP contribution in [0.4, 0.5) is 0 Å². The van der Waals surface area contributed by atoms with Crippen molar-refractivity contribution in [2.75, 3.05) is 6.61 Å². The average Bonchev–Trinajstić information content (AvgIpc) is 3.26. The van der Waals surface area contributed by atoms with Crippen molar-refractivity contribution in [2.24, 2.45) is 0 Å². The van der Waals surface area contributed by atoms with E-state index in [4.69, 9.17) is 20.9 Å². The second-order valence-electron chi connectivity index (χ2n) is 5.03. The number of hydrogen-bond acceptors (Lipinski definition) is 6. The number of rotatable bonds is 4. The summed E-state index contributed by atoms with van der Waals surface area (Å²) in [6.07, 6.45) is 5.56. The van der Waals surface area contributed by atoms with Gasteiger partial charge in [-0.3, -0.25) is 0 Å². The van der Waals surface area contributed by atoms with Crippen LogP contribution in [0.2, 0.25) is 4.34 Å². The maximum atomic E-state index is 5.99. The second-order valence-corrected chi connectivity index (χ2v) is 6.75. The van der Waals surface area contributed by atoms with Crippen LogP contribution in [0.15, 0.2) is 29.0 Å². The molecule has 0 unspecified atom stereocenters. The first-order valence-corrected chi connectivity index (χ1v) is 8.20. The molecule has 0 bridgehead atoms. The van der Waals surface area contributed by atoms with Gasteiger partial charge in [-0.2, -0.15) is 4.98 Å². The van der Waals surface area contributed by atoms with Gasteiger partial charge >= 0.3 is 0 Å². The van der Waals surface area contributed by atoms with Crippen molar-refractivity contribution >= 4 is 22.9 Å². The highest BCUT2D eigenvalue weighted by molar-refractivity contribution is 7.19. The van der Waals surface area contributed by atoms with E-state index in [9.17, 15) is 0 Å². The van der Waals surface area contributed by atoms with E-state index in [0.29, 0.717) is 18.3 Å². The van der Waals surface area contributed by atoms with Crippen LogP contribution in [-0.2, 0) is 11.3 Å². The molecule has 1 aliphatic heterocycles. The van der Waals surface area contributed by atoms with Gasteiger partial charge in [0.05, 0.1) is 15.8 Å². The summed E-state index contributed by atoms with van der Waals surface area (Å²) in [5.74, 6) is 2.03. The number of nitrogens with zero attached hydrogens (tertiary/aromatic N) is 4. The Bertz CT molecular complexity index is 775. The molecule has 0 N–H and O–H groups in total. The van der Waals surface area contributed by atoms with E-state index in [1.165, 1.54) is 11.3 Å². The molecule has 4 rings (SSSR count). The third-order valence-electron chi connectivity index (χ3n) is 3.51. The number of ether oxygens (including phenoxy) is 1. The normalized spacial score (nSPS) is 18.1. The maximum absolute atomic E-state index is 5.99. The third-order valence-corrected chi connectivity index (χ3v) is 4.74. The van der Waals surface area contributed by atoms with Crippen LogP contribution in [0.1, 0.15) is 30.7 Å². The fraction of sp³-hybridized carbons (Fsp3) is 0.357. The first-order valence-electron chi connectivity index (χ1n) is 7.00. The summed E-state index contributed by atoms with van der Waals surface area (Å²) in [6, 6.07) is 3.82. The molecule has 1 saturated heterocycles. The van der Waals surface area contributed by atoms with Crippen molar-refractivity contribution < 1.29 is 9.26 Å². The van der Waals surface area contributed by atoms with Crippen LogP contribution in [0.3, 0.4) is 0 Å². The Balaban J connectivity index is 1.55. The molecule has 1 atom stereocenters. The fourth-order valence-electron chi connectivity index (χ4n) is 2.48. The van der Waals surface area contributed by atoms with Crippen LogP contribution in [-0.4, -0.2) is 26.3 Å². The summed E-state index contributed by atoms with van der Waals surface area (Å²) in [4.78, 5) is 9.83. The molecule has 1 fully saturated rings. The highest BCUT2D eigenvalue weighted by atomic mass is 35.5. The fourth-order valence-corrected chi connectivity index (χ4v) is 3.54. The number of aromatic nitrogens is 4. The minimum absolute atomic E-state index is 0.0559. The lowest BCUT2D eigenvalue weighted by Gasteiger charge is -2.03. The molecule has 0 aliphatic carbocycles. The third kappa shape index (κ3) is 2.67. The zero-order valence-corrected chi connectivity index (χ0v) is 13.2. The van der Waals surface area contributed by atoms with E-state index in [2.05, 4.69) is 15.1 Å². The minimum atomic E-state index is -0.0559. The van der Waals surface area contributed by atoms with Crippen molar-refractivity contribution in [3.63, 3.8) is 0 Å². The monoisotopic (exact) mass is 336 g/mol. The SMILES string of the molecule is Clc1ccc(-c2nccn2Cc2noc([C@@H]3CCCO3)n2)s1. The maximum Gasteiger partial charge on any atom is 0.255 e. The Labute approximate surface area is 135 Å². The van der Waals surface area contributed by atoms with Crippen molar-refractivity contribution in [1.29, 1.82) is 0 Å². The van der Waals surface area contributed by atoms with Gasteiger partial charge < -0.3 is 13.8 Å². The minimum Gasteiger partial charge on any atom is -0.368 e. The number of hydrogen-bond donors (Lipinski definition) is 0. The van der Waals surface area contributed by atoms with Crippen LogP contribution >= 0.6 is 22.9 Å². The Morgan fingerprint density at radius 2 is 2.36 bits per heavy atom. The van der Waals surface area contributed by atoms with Gasteiger partial charge in [-0.15, -0.1) is 11.3 Å². The summed E-state index contributed by atoms with van der Waals surface area (Å²) in [5, 5.41) is 4.04. The van der Waals surface area contributed by atoms with Crippen LogP contribution in [0.5, 0.6) is 0 Å². The Hall–Kier alpha value is -1.70. The van der Waals surface area contributed by atoms with Crippen molar-refractivity contribution in [3.05, 3.63) is 40.6 Å². The van der Waals surface area contributed by atoms with Gasteiger partial charge in [-0.05, 0) is 25.0 Å². The Kier molecular flexibility index (Phi) is 3.69. The molecule has 3 aromatic heterocycles. The van der Waals surface area contributed by atoms with E-state index >= 15 is 0 Å². The van der Waals surface area contributed by atoms with Gasteiger partial charge in [-0.1, -0.05) is 16.8 Å². The van der Waals surface area contributed by atoms with E-state index in [1.54, 1.807) is 6.20 Å². The van der Waals surface area contributed by atoms with E-state index in [-0.39, 0.29) is 6.10 Å². The quantitative estimate of drug-likeness (QED) is 0.729. The molecule has 3 aromatic rings. The average molecular weight is 337 g/mol. The van der Waals surface area contributed by atoms with E-state index in [1.807, 2.05) is 22.9 Å². The lowest BCUT2D eigenvalue weighted by molar-refractivity contribution is 0.0835. The predicted molar refractivity (Wildman–Crippen MR) is 81.9 cm³/mol. The van der Waals surface area contributed by atoms with E-state index in [0.717, 1.165) is 34.5 Å². The van der Waals surface area contributed by atoms with Crippen molar-refractivity contribution in [1.82, 2.24) is 19.7 Å². The van der Waals surface area contributed by atoms with Gasteiger partial charge in [0.25, 0.3) is 5.89 Å². The van der Waals surface area contributed by atoms with Crippen LogP contribution in [0, 0.1) is 0 Å². The molecule has 22 heavy (non-hydrogen) atoms. The molecule has 8 heteroatoms. The van der Waals surface area contributed by atoms with Crippen molar-refractivity contribution in [2.45, 2.75) is 25.5 Å². The summed E-state index contributed by atoms with van der Waals surface area (Å²) < 4.78 is 13.6. The smallest absolute Gasteiger partial charge is 0.255 e. The van der Waals surface area contributed by atoms with Gasteiger partial charge in [0.15, 0.2) is 5.82 Å². The Morgan fingerprint density at radius 3 is 3.14 bits per heavy atom. The number of thiophene rings is 1. The largest absolute Gasteiger partial charge is 0.368 e. The molecule has 0 radical (unpaired) electrons.